The number of quaternary nitrogens is 1. The molecule has 0 spiro atoms. The standard InChI is InChI=1S/C30H34N5O2/c1-23-6-12-26(13-7-23)33-18-20-34(21-19-33)27-14-8-24(9-15-27)25-10-16-28(17-11-25)35(37-22-36)30-5-3-2-4-29(30)31-32-35/h2-5,8-11,14-17,22-23,26H,6-7,12-13,18-21H2,1H3/q+1/t23-,26-,35?. The highest BCUT2D eigenvalue weighted by atomic mass is 16.8. The molecular formula is C30H34N5O2+. The van der Waals surface area contributed by atoms with Crippen molar-refractivity contribution < 1.29 is 9.63 Å². The molecule has 3 aromatic rings. The van der Waals surface area contributed by atoms with Gasteiger partial charge in [0.15, 0.2) is 5.69 Å². The van der Waals surface area contributed by atoms with Crippen LogP contribution in [0.1, 0.15) is 32.6 Å². The number of anilines is 1. The Hall–Kier alpha value is -3.55. The van der Waals surface area contributed by atoms with E-state index in [1.165, 1.54) is 31.4 Å². The first-order valence-corrected chi connectivity index (χ1v) is 13.4. The third-order valence-electron chi connectivity index (χ3n) is 8.28. The van der Waals surface area contributed by atoms with Crippen LogP contribution in [0.2, 0.25) is 0 Å². The van der Waals surface area contributed by atoms with E-state index in [1.807, 2.05) is 48.5 Å². The van der Waals surface area contributed by atoms with Gasteiger partial charge in [-0.05, 0) is 73.1 Å². The third-order valence-corrected chi connectivity index (χ3v) is 8.28. The first-order valence-electron chi connectivity index (χ1n) is 13.4. The fourth-order valence-corrected chi connectivity index (χ4v) is 6.03. The number of rotatable bonds is 6. The number of piperazine rings is 1. The molecule has 1 aliphatic carbocycles. The average Bonchev–Trinajstić information content (AvgIpc) is 3.33. The molecule has 0 aromatic heterocycles. The van der Waals surface area contributed by atoms with Crippen molar-refractivity contribution in [3.05, 3.63) is 72.8 Å². The molecule has 0 amide bonds. The van der Waals surface area contributed by atoms with E-state index in [9.17, 15) is 4.79 Å². The van der Waals surface area contributed by atoms with Gasteiger partial charge in [0.1, 0.15) is 0 Å². The van der Waals surface area contributed by atoms with E-state index in [0.29, 0.717) is 23.5 Å². The van der Waals surface area contributed by atoms with Gasteiger partial charge in [-0.1, -0.05) is 36.3 Å². The van der Waals surface area contributed by atoms with Crippen molar-refractivity contribution in [2.75, 3.05) is 31.1 Å². The number of carbonyl (C=O) groups is 1. The summed E-state index contributed by atoms with van der Waals surface area (Å²) in [5.41, 5.74) is 5.65. The topological polar surface area (TPSA) is 57.5 Å². The number of carbonyl (C=O) groups excluding carboxylic acids is 1. The zero-order valence-corrected chi connectivity index (χ0v) is 21.4. The Morgan fingerprint density at radius 3 is 2.16 bits per heavy atom. The van der Waals surface area contributed by atoms with Gasteiger partial charge in [-0.2, -0.15) is 0 Å². The summed E-state index contributed by atoms with van der Waals surface area (Å²) in [6.45, 7) is 7.31. The maximum Gasteiger partial charge on any atom is 0.360 e. The second kappa shape index (κ2) is 10.1. The Bertz CT molecular complexity index is 1260. The minimum absolute atomic E-state index is 0.412. The van der Waals surface area contributed by atoms with E-state index in [4.69, 9.17) is 4.84 Å². The molecule has 37 heavy (non-hydrogen) atoms. The summed E-state index contributed by atoms with van der Waals surface area (Å²) in [5, 5.41) is 8.52. The Balaban J connectivity index is 1.13. The van der Waals surface area contributed by atoms with Gasteiger partial charge in [0.25, 0.3) is 0 Å². The molecule has 1 saturated carbocycles. The molecule has 1 saturated heterocycles. The Morgan fingerprint density at radius 2 is 1.49 bits per heavy atom. The quantitative estimate of drug-likeness (QED) is 0.278. The number of para-hydroxylation sites is 1. The average molecular weight is 497 g/mol. The molecule has 0 N–H and O–H groups in total. The van der Waals surface area contributed by atoms with Crippen LogP contribution in [-0.2, 0) is 9.63 Å². The molecule has 1 atom stereocenters. The molecule has 2 aliphatic heterocycles. The normalized spacial score (nSPS) is 25.6. The highest BCUT2D eigenvalue weighted by molar-refractivity contribution is 5.74. The lowest BCUT2D eigenvalue weighted by atomic mass is 9.86. The first kappa shape index (κ1) is 23.8. The van der Waals surface area contributed by atoms with Crippen molar-refractivity contribution in [3.8, 4) is 11.1 Å². The second-order valence-electron chi connectivity index (χ2n) is 10.5. The number of nitrogens with zero attached hydrogens (tertiary/aromatic N) is 5. The Labute approximate surface area is 218 Å². The van der Waals surface area contributed by atoms with Crippen LogP contribution in [0.3, 0.4) is 0 Å². The Kier molecular flexibility index (Phi) is 6.49. The largest absolute Gasteiger partial charge is 0.369 e. The van der Waals surface area contributed by atoms with Crippen LogP contribution in [-0.4, -0.2) is 43.6 Å². The zero-order chi connectivity index (χ0) is 25.2. The number of hydrogen-bond donors (Lipinski definition) is 0. The van der Waals surface area contributed by atoms with Gasteiger partial charge >= 0.3 is 6.47 Å². The van der Waals surface area contributed by atoms with Crippen molar-refractivity contribution in [1.29, 1.82) is 0 Å². The monoisotopic (exact) mass is 496 g/mol. The van der Waals surface area contributed by atoms with Crippen molar-refractivity contribution in [2.24, 2.45) is 16.3 Å². The zero-order valence-electron chi connectivity index (χ0n) is 21.4. The minimum atomic E-state index is -0.412. The lowest BCUT2D eigenvalue weighted by Gasteiger charge is -2.42. The number of benzene rings is 3. The molecule has 0 radical (unpaired) electrons. The summed E-state index contributed by atoms with van der Waals surface area (Å²) in [6.07, 6.45) is 5.50. The second-order valence-corrected chi connectivity index (χ2v) is 10.5. The van der Waals surface area contributed by atoms with Crippen LogP contribution >= 0.6 is 0 Å². The van der Waals surface area contributed by atoms with Gasteiger partial charge < -0.3 is 4.90 Å². The molecule has 2 fully saturated rings. The van der Waals surface area contributed by atoms with Gasteiger partial charge in [0.2, 0.25) is 11.4 Å². The maximum absolute atomic E-state index is 11.4. The SMILES string of the molecule is C[C@H]1CC[C@H](N2CCN(c3ccc(-c4ccc([N+]5(OC=O)N=Nc6ccccc65)cc4)cc3)CC2)CC1. The fourth-order valence-electron chi connectivity index (χ4n) is 6.03. The van der Waals surface area contributed by atoms with Crippen LogP contribution in [0, 0.1) is 5.92 Å². The fraction of sp³-hybridized carbons (Fsp3) is 0.367. The molecule has 3 aliphatic rings. The van der Waals surface area contributed by atoms with Crippen LogP contribution in [0.5, 0.6) is 0 Å². The molecular weight excluding hydrogens is 462 g/mol. The summed E-state index contributed by atoms with van der Waals surface area (Å²) >= 11 is 0. The third kappa shape index (κ3) is 4.54. The lowest BCUT2D eigenvalue weighted by molar-refractivity contribution is -0.156. The molecule has 0 bridgehead atoms. The van der Waals surface area contributed by atoms with E-state index in [-0.39, 0.29) is 0 Å². The van der Waals surface area contributed by atoms with Gasteiger partial charge in [0.05, 0.1) is 9.98 Å². The van der Waals surface area contributed by atoms with E-state index >= 15 is 0 Å². The molecule has 190 valence electrons. The van der Waals surface area contributed by atoms with Crippen LogP contribution < -0.4 is 9.66 Å². The van der Waals surface area contributed by atoms with Crippen molar-refractivity contribution in [3.63, 3.8) is 0 Å². The molecule has 3 aromatic carbocycles. The smallest absolute Gasteiger partial charge is 0.360 e. The summed E-state index contributed by atoms with van der Waals surface area (Å²) < 4.78 is -0.412. The highest BCUT2D eigenvalue weighted by Gasteiger charge is 2.45. The summed E-state index contributed by atoms with van der Waals surface area (Å²) in [5.74, 6) is 0.905. The molecule has 1 unspecified atom stereocenters. The van der Waals surface area contributed by atoms with E-state index in [2.05, 4.69) is 51.3 Å². The number of hydrogen-bond acceptors (Lipinski definition) is 6. The van der Waals surface area contributed by atoms with Crippen molar-refractivity contribution in [2.45, 2.75) is 38.6 Å². The predicted molar refractivity (Wildman–Crippen MR) is 147 cm³/mol. The maximum atomic E-state index is 11.4. The van der Waals surface area contributed by atoms with Gasteiger partial charge in [-0.25, -0.2) is 9.63 Å². The number of fused-ring (bicyclic) bond motifs is 1. The van der Waals surface area contributed by atoms with E-state index < -0.39 is 4.76 Å². The van der Waals surface area contributed by atoms with Crippen LogP contribution in [0.25, 0.3) is 11.1 Å². The van der Waals surface area contributed by atoms with Crippen molar-refractivity contribution >= 4 is 29.2 Å². The molecule has 7 heteroatoms. The lowest BCUT2D eigenvalue weighted by Crippen LogP contribution is -2.51. The van der Waals surface area contributed by atoms with Gasteiger partial charge in [-0.15, -0.1) is 0 Å². The summed E-state index contributed by atoms with van der Waals surface area (Å²) in [4.78, 5) is 22.1. The molecule has 7 nitrogen and oxygen atoms in total. The van der Waals surface area contributed by atoms with Gasteiger partial charge in [-0.3, -0.25) is 4.90 Å². The van der Waals surface area contributed by atoms with Crippen molar-refractivity contribution in [1.82, 2.24) is 9.66 Å². The van der Waals surface area contributed by atoms with E-state index in [1.54, 1.807) is 0 Å². The minimum Gasteiger partial charge on any atom is -0.369 e. The molecule has 2 heterocycles. The first-order chi connectivity index (χ1) is 18.2. The predicted octanol–water partition coefficient (Wildman–Crippen LogP) is 6.79. The molecule has 6 rings (SSSR count). The summed E-state index contributed by atoms with van der Waals surface area (Å²) in [7, 11) is 0. The Morgan fingerprint density at radius 1 is 0.838 bits per heavy atom. The van der Waals surface area contributed by atoms with E-state index in [0.717, 1.165) is 49.3 Å². The van der Waals surface area contributed by atoms with Gasteiger partial charge in [0, 0.05) is 56.1 Å². The van der Waals surface area contributed by atoms with Crippen LogP contribution in [0.15, 0.2) is 83.1 Å². The highest BCUT2D eigenvalue weighted by Crippen LogP contribution is 2.47. The van der Waals surface area contributed by atoms with Crippen LogP contribution in [0.4, 0.5) is 22.7 Å². The summed E-state index contributed by atoms with van der Waals surface area (Å²) in [6, 6.07) is 25.1.